The largest absolute Gasteiger partial charge is 0.507 e. The van der Waals surface area contributed by atoms with Gasteiger partial charge in [-0.05, 0) is 72.9 Å². The molecule has 1 aliphatic rings. The van der Waals surface area contributed by atoms with Crippen LogP contribution in [0.1, 0.15) is 44.3 Å². The first-order valence-electron chi connectivity index (χ1n) is 12.5. The number of hydrogen-bond acceptors (Lipinski definition) is 7. The van der Waals surface area contributed by atoms with Crippen molar-refractivity contribution in [2.24, 2.45) is 0 Å². The first-order valence-corrected chi connectivity index (χ1v) is 12.5. The lowest BCUT2D eigenvalue weighted by atomic mass is 9.93. The summed E-state index contributed by atoms with van der Waals surface area (Å²) >= 11 is 0. The van der Waals surface area contributed by atoms with E-state index in [9.17, 15) is 15.0 Å². The smallest absolute Gasteiger partial charge is 0.273 e. The topological polar surface area (TPSA) is 117 Å². The molecule has 0 fully saturated rings. The van der Waals surface area contributed by atoms with Crippen molar-refractivity contribution in [1.82, 2.24) is 15.1 Å². The first-order chi connectivity index (χ1) is 18.8. The van der Waals surface area contributed by atoms with Crippen LogP contribution in [0.2, 0.25) is 0 Å². The zero-order chi connectivity index (χ0) is 27.8. The number of aromatic amines is 1. The van der Waals surface area contributed by atoms with Crippen LogP contribution >= 0.6 is 0 Å². The van der Waals surface area contributed by atoms with Gasteiger partial charge in [-0.3, -0.25) is 9.89 Å². The van der Waals surface area contributed by atoms with Gasteiger partial charge < -0.3 is 29.3 Å². The molecule has 0 bridgehead atoms. The van der Waals surface area contributed by atoms with Gasteiger partial charge in [-0.1, -0.05) is 18.2 Å². The number of hydrogen-bond donors (Lipinski definition) is 3. The Labute approximate surface area is 226 Å². The maximum Gasteiger partial charge on any atom is 0.273 e. The lowest BCUT2D eigenvalue weighted by Gasteiger charge is -2.27. The Bertz CT molecular complexity index is 1540. The lowest BCUT2D eigenvalue weighted by molar-refractivity contribution is 0.0745. The van der Waals surface area contributed by atoms with Gasteiger partial charge in [-0.25, -0.2) is 0 Å². The van der Waals surface area contributed by atoms with Crippen LogP contribution in [0.3, 0.4) is 0 Å². The zero-order valence-corrected chi connectivity index (χ0v) is 22.5. The van der Waals surface area contributed by atoms with Gasteiger partial charge in [0.2, 0.25) is 0 Å². The van der Waals surface area contributed by atoms with E-state index in [1.165, 1.54) is 7.11 Å². The molecule has 9 heteroatoms. The van der Waals surface area contributed by atoms with Gasteiger partial charge in [-0.2, -0.15) is 5.10 Å². The molecule has 0 saturated carbocycles. The second kappa shape index (κ2) is 10.2. The third-order valence-electron chi connectivity index (χ3n) is 7.17. The molecule has 9 nitrogen and oxygen atoms in total. The Balaban J connectivity index is 1.60. The molecule has 202 valence electrons. The van der Waals surface area contributed by atoms with Gasteiger partial charge in [0.15, 0.2) is 23.0 Å². The normalized spacial score (nSPS) is 14.4. The second-order valence-corrected chi connectivity index (χ2v) is 9.61. The minimum Gasteiger partial charge on any atom is -0.507 e. The highest BCUT2D eigenvalue weighted by Crippen LogP contribution is 2.46. The summed E-state index contributed by atoms with van der Waals surface area (Å²) in [6, 6.07) is 13.9. The van der Waals surface area contributed by atoms with Crippen molar-refractivity contribution < 1.29 is 29.2 Å². The molecule has 5 rings (SSSR count). The fourth-order valence-electron chi connectivity index (χ4n) is 5.37. The van der Waals surface area contributed by atoms with E-state index in [1.807, 2.05) is 38.1 Å². The number of fused-ring (bicyclic) bond motifs is 1. The number of ether oxygens (including phenoxy) is 3. The number of aromatic nitrogens is 2. The predicted molar refractivity (Wildman–Crippen MR) is 146 cm³/mol. The van der Waals surface area contributed by atoms with Crippen molar-refractivity contribution >= 4 is 5.91 Å². The van der Waals surface area contributed by atoms with Crippen molar-refractivity contribution in [3.05, 3.63) is 82.0 Å². The van der Waals surface area contributed by atoms with Crippen molar-refractivity contribution in [1.29, 1.82) is 0 Å². The highest BCUT2D eigenvalue weighted by molar-refractivity contribution is 6.00. The van der Waals surface area contributed by atoms with Crippen LogP contribution in [0.15, 0.2) is 48.5 Å². The van der Waals surface area contributed by atoms with E-state index in [2.05, 4.69) is 10.2 Å². The predicted octanol–water partition coefficient (Wildman–Crippen LogP) is 4.92. The quantitative estimate of drug-likeness (QED) is 0.297. The molecule has 4 aromatic rings. The Morgan fingerprint density at radius 2 is 1.64 bits per heavy atom. The Morgan fingerprint density at radius 1 is 0.897 bits per heavy atom. The van der Waals surface area contributed by atoms with Crippen LogP contribution in [0.5, 0.6) is 28.7 Å². The molecule has 2 heterocycles. The van der Waals surface area contributed by atoms with Crippen molar-refractivity contribution in [2.75, 3.05) is 27.9 Å². The number of methoxy groups -OCH3 is 3. The number of aryl methyl sites for hydroxylation is 2. The highest BCUT2D eigenvalue weighted by Gasteiger charge is 2.42. The molecular weight excluding hydrogens is 498 g/mol. The molecule has 3 aromatic carbocycles. The monoisotopic (exact) mass is 529 g/mol. The number of phenols is 2. The molecule has 39 heavy (non-hydrogen) atoms. The van der Waals surface area contributed by atoms with Crippen LogP contribution in [0, 0.1) is 13.8 Å². The fraction of sp³-hybridized carbons (Fsp3) is 0.267. The van der Waals surface area contributed by atoms with E-state index >= 15 is 0 Å². The fourth-order valence-corrected chi connectivity index (χ4v) is 5.37. The summed E-state index contributed by atoms with van der Waals surface area (Å²) in [4.78, 5) is 15.6. The summed E-state index contributed by atoms with van der Waals surface area (Å²) in [7, 11) is 4.66. The number of rotatable bonds is 8. The number of nitrogens with one attached hydrogen (secondary N) is 1. The van der Waals surface area contributed by atoms with Gasteiger partial charge in [0, 0.05) is 17.7 Å². The van der Waals surface area contributed by atoms with Crippen molar-refractivity contribution in [3.8, 4) is 40.0 Å². The number of amides is 1. The standard InChI is InChI=1S/C30H31N3O6/c1-16-12-17(2)25(21(35)13-16)27-26-28(32-31-27)30(36)33(29(26)19-7-8-20(34)23(15-19)38-4)11-10-18-6-9-22(37-3)24(14-18)39-5/h6-9,12-15,29,34-35H,10-11H2,1-5H3,(H,31,32). The lowest BCUT2D eigenvalue weighted by Crippen LogP contribution is -2.31. The minimum atomic E-state index is -0.531. The Kier molecular flexibility index (Phi) is 6.82. The molecule has 0 saturated heterocycles. The molecule has 0 aliphatic carbocycles. The van der Waals surface area contributed by atoms with Crippen LogP contribution in [-0.2, 0) is 6.42 Å². The van der Waals surface area contributed by atoms with Crippen molar-refractivity contribution in [3.63, 3.8) is 0 Å². The maximum atomic E-state index is 13.8. The minimum absolute atomic E-state index is 0.00196. The van der Waals surface area contributed by atoms with Gasteiger partial charge in [0.05, 0.1) is 27.4 Å². The molecule has 1 atom stereocenters. The number of aromatic hydroxyl groups is 2. The van der Waals surface area contributed by atoms with Crippen LogP contribution in [0.25, 0.3) is 11.3 Å². The Morgan fingerprint density at radius 3 is 2.33 bits per heavy atom. The van der Waals surface area contributed by atoms with Gasteiger partial charge in [-0.15, -0.1) is 0 Å². The van der Waals surface area contributed by atoms with E-state index in [1.54, 1.807) is 43.4 Å². The summed E-state index contributed by atoms with van der Waals surface area (Å²) in [6.07, 6.45) is 0.555. The number of H-pyrrole nitrogens is 1. The summed E-state index contributed by atoms with van der Waals surface area (Å²) in [5, 5.41) is 28.6. The second-order valence-electron chi connectivity index (χ2n) is 9.61. The molecule has 1 aliphatic heterocycles. The SMILES string of the molecule is COc1cc(C2c3c(-c4c(C)cc(C)cc4O)n[nH]c3C(=O)N2CCc2ccc(OC)c(OC)c2)ccc1O. The van der Waals surface area contributed by atoms with Crippen molar-refractivity contribution in [2.45, 2.75) is 26.3 Å². The van der Waals surface area contributed by atoms with Crippen LogP contribution in [0.4, 0.5) is 0 Å². The molecular formula is C30H31N3O6. The van der Waals surface area contributed by atoms with Gasteiger partial charge in [0.1, 0.15) is 17.1 Å². The average molecular weight is 530 g/mol. The highest BCUT2D eigenvalue weighted by atomic mass is 16.5. The molecule has 1 aromatic heterocycles. The summed E-state index contributed by atoms with van der Waals surface area (Å²) < 4.78 is 16.2. The van der Waals surface area contributed by atoms with Crippen LogP contribution < -0.4 is 14.2 Å². The number of carbonyl (C=O) groups excluding carboxylic acids is 1. The number of benzene rings is 3. The van der Waals surface area contributed by atoms with E-state index in [0.29, 0.717) is 52.7 Å². The zero-order valence-electron chi connectivity index (χ0n) is 22.5. The molecule has 1 amide bonds. The molecule has 1 unspecified atom stereocenters. The maximum absolute atomic E-state index is 13.8. The summed E-state index contributed by atoms with van der Waals surface area (Å²) in [5.74, 6) is 1.44. The van der Waals surface area contributed by atoms with Crippen LogP contribution in [-0.4, -0.2) is 59.1 Å². The average Bonchev–Trinajstić information content (AvgIpc) is 3.45. The van der Waals surface area contributed by atoms with Gasteiger partial charge >= 0.3 is 0 Å². The van der Waals surface area contributed by atoms with E-state index < -0.39 is 6.04 Å². The van der Waals surface area contributed by atoms with E-state index in [-0.39, 0.29) is 17.4 Å². The summed E-state index contributed by atoms with van der Waals surface area (Å²) in [6.45, 7) is 4.22. The third-order valence-corrected chi connectivity index (χ3v) is 7.17. The molecule has 0 spiro atoms. The molecule has 0 radical (unpaired) electrons. The summed E-state index contributed by atoms with van der Waals surface area (Å²) in [5.41, 5.74) is 5.62. The third kappa shape index (κ3) is 4.50. The van der Waals surface area contributed by atoms with E-state index in [0.717, 1.165) is 22.3 Å². The number of phenolic OH excluding ortho intramolecular Hbond substituents is 2. The van der Waals surface area contributed by atoms with E-state index in [4.69, 9.17) is 14.2 Å². The first kappa shape index (κ1) is 26.0. The Hall–Kier alpha value is -4.66. The number of nitrogens with zero attached hydrogens (tertiary/aromatic N) is 2. The number of carbonyl (C=O) groups is 1. The molecule has 3 N–H and O–H groups in total. The van der Waals surface area contributed by atoms with Gasteiger partial charge in [0.25, 0.3) is 5.91 Å².